The van der Waals surface area contributed by atoms with E-state index in [1.807, 2.05) is 6.92 Å². The molecule has 0 aliphatic rings. The van der Waals surface area contributed by atoms with Crippen LogP contribution in [0.3, 0.4) is 0 Å². The number of carboxylic acid groups (broad SMARTS) is 1. The van der Waals surface area contributed by atoms with E-state index in [9.17, 15) is 19.8 Å². The van der Waals surface area contributed by atoms with Crippen molar-refractivity contribution >= 4 is 12.1 Å². The Hall–Kier alpha value is -2.24. The highest BCUT2D eigenvalue weighted by Crippen LogP contribution is 2.18. The van der Waals surface area contributed by atoms with E-state index >= 15 is 0 Å². The second-order valence-corrected chi connectivity index (χ2v) is 6.75. The summed E-state index contributed by atoms with van der Waals surface area (Å²) in [6.07, 6.45) is 1.06. The summed E-state index contributed by atoms with van der Waals surface area (Å²) >= 11 is 0. The fourth-order valence-corrected chi connectivity index (χ4v) is 2.21. The Bertz CT molecular complexity index is 548. The highest BCUT2D eigenvalue weighted by atomic mass is 16.6. The number of ether oxygens (including phenoxy) is 1. The predicted octanol–water partition coefficient (Wildman–Crippen LogP) is 3.43. The maximum atomic E-state index is 12.5. The molecule has 0 spiro atoms. The fraction of sp³-hybridized carbons (Fsp3) is 0.556. The first-order valence-electron chi connectivity index (χ1n) is 8.14. The molecule has 0 radical (unpaired) electrons. The monoisotopic (exact) mass is 337 g/mol. The van der Waals surface area contributed by atoms with Crippen molar-refractivity contribution in [3.8, 4) is 5.75 Å². The van der Waals surface area contributed by atoms with Gasteiger partial charge < -0.3 is 14.9 Å². The minimum Gasteiger partial charge on any atom is -0.508 e. The van der Waals surface area contributed by atoms with Gasteiger partial charge in [-0.2, -0.15) is 0 Å². The van der Waals surface area contributed by atoms with E-state index in [0.717, 1.165) is 12.0 Å². The average molecular weight is 337 g/mol. The summed E-state index contributed by atoms with van der Waals surface area (Å²) in [4.78, 5) is 25.5. The van der Waals surface area contributed by atoms with Gasteiger partial charge in [-0.15, -0.1) is 0 Å². The molecular weight excluding hydrogens is 310 g/mol. The van der Waals surface area contributed by atoms with Crippen molar-refractivity contribution in [2.75, 3.05) is 6.54 Å². The molecule has 134 valence electrons. The summed E-state index contributed by atoms with van der Waals surface area (Å²) in [6, 6.07) is 5.28. The summed E-state index contributed by atoms with van der Waals surface area (Å²) in [5.74, 6) is -0.967. The fourth-order valence-electron chi connectivity index (χ4n) is 2.21. The molecule has 0 aliphatic heterocycles. The number of unbranched alkanes of at least 4 members (excludes halogenated alkanes) is 1. The lowest BCUT2D eigenvalue weighted by molar-refractivity contribution is -0.143. The van der Waals surface area contributed by atoms with Crippen LogP contribution >= 0.6 is 0 Å². The molecule has 0 fully saturated rings. The van der Waals surface area contributed by atoms with Gasteiger partial charge in [0.25, 0.3) is 0 Å². The van der Waals surface area contributed by atoms with Crippen LogP contribution in [0.25, 0.3) is 0 Å². The third-order valence-corrected chi connectivity index (χ3v) is 3.41. The first kappa shape index (κ1) is 19.8. The number of hydrogen-bond acceptors (Lipinski definition) is 4. The van der Waals surface area contributed by atoms with Crippen LogP contribution in [0.1, 0.15) is 46.1 Å². The molecule has 1 aromatic carbocycles. The van der Waals surface area contributed by atoms with E-state index in [-0.39, 0.29) is 12.2 Å². The van der Waals surface area contributed by atoms with Gasteiger partial charge in [0.1, 0.15) is 17.4 Å². The van der Waals surface area contributed by atoms with Crippen molar-refractivity contribution in [3.05, 3.63) is 29.8 Å². The van der Waals surface area contributed by atoms with Gasteiger partial charge in [-0.3, -0.25) is 4.90 Å². The normalized spacial score (nSPS) is 12.5. The molecule has 1 atom stereocenters. The maximum absolute atomic E-state index is 12.5. The Morgan fingerprint density at radius 3 is 2.25 bits per heavy atom. The second-order valence-electron chi connectivity index (χ2n) is 6.75. The average Bonchev–Trinajstić information content (AvgIpc) is 2.46. The molecule has 2 N–H and O–H groups in total. The highest BCUT2D eigenvalue weighted by molar-refractivity contribution is 5.80. The maximum Gasteiger partial charge on any atom is 0.411 e. The highest BCUT2D eigenvalue weighted by Gasteiger charge is 2.32. The van der Waals surface area contributed by atoms with Gasteiger partial charge in [-0.25, -0.2) is 9.59 Å². The number of carbonyl (C=O) groups is 2. The van der Waals surface area contributed by atoms with Crippen LogP contribution in [-0.4, -0.2) is 45.4 Å². The minimum absolute atomic E-state index is 0.112. The zero-order chi connectivity index (χ0) is 18.3. The molecule has 6 nitrogen and oxygen atoms in total. The van der Waals surface area contributed by atoms with Gasteiger partial charge in [0.05, 0.1) is 0 Å². The lowest BCUT2D eigenvalue weighted by Crippen LogP contribution is -2.48. The molecule has 6 heteroatoms. The second kappa shape index (κ2) is 8.57. The van der Waals surface area contributed by atoms with Crippen LogP contribution in [-0.2, 0) is 16.0 Å². The molecule has 24 heavy (non-hydrogen) atoms. The number of benzene rings is 1. The van der Waals surface area contributed by atoms with Crippen molar-refractivity contribution in [3.63, 3.8) is 0 Å². The zero-order valence-corrected chi connectivity index (χ0v) is 14.8. The van der Waals surface area contributed by atoms with E-state index in [0.29, 0.717) is 13.0 Å². The number of hydrogen-bond donors (Lipinski definition) is 2. The Labute approximate surface area is 143 Å². The van der Waals surface area contributed by atoms with Crippen LogP contribution in [0.5, 0.6) is 5.75 Å². The van der Waals surface area contributed by atoms with Crippen LogP contribution in [0, 0.1) is 0 Å². The number of phenols is 1. The number of phenolic OH excluding ortho intramolecular Hbond substituents is 1. The Balaban J connectivity index is 3.00. The summed E-state index contributed by atoms with van der Waals surface area (Å²) in [5.41, 5.74) is 0.0358. The van der Waals surface area contributed by atoms with E-state index < -0.39 is 23.7 Å². The quantitative estimate of drug-likeness (QED) is 0.796. The van der Waals surface area contributed by atoms with E-state index in [1.54, 1.807) is 32.9 Å². The van der Waals surface area contributed by atoms with E-state index in [1.165, 1.54) is 17.0 Å². The molecule has 0 aliphatic carbocycles. The largest absolute Gasteiger partial charge is 0.508 e. The van der Waals surface area contributed by atoms with Crippen LogP contribution in [0.15, 0.2) is 24.3 Å². The molecule has 0 saturated heterocycles. The number of carboxylic acids is 1. The van der Waals surface area contributed by atoms with E-state index in [2.05, 4.69) is 0 Å². The lowest BCUT2D eigenvalue weighted by Gasteiger charge is -2.31. The molecule has 1 unspecified atom stereocenters. The van der Waals surface area contributed by atoms with E-state index in [4.69, 9.17) is 4.74 Å². The van der Waals surface area contributed by atoms with Gasteiger partial charge in [0, 0.05) is 13.0 Å². The molecule has 1 aromatic rings. The molecule has 1 amide bonds. The number of amides is 1. The number of rotatable bonds is 7. The number of aromatic hydroxyl groups is 1. The Morgan fingerprint density at radius 2 is 1.79 bits per heavy atom. The third-order valence-electron chi connectivity index (χ3n) is 3.41. The third kappa shape index (κ3) is 6.48. The van der Waals surface area contributed by atoms with Crippen molar-refractivity contribution < 1.29 is 24.5 Å². The summed E-state index contributed by atoms with van der Waals surface area (Å²) < 4.78 is 5.37. The molecule has 1 rings (SSSR count). The Morgan fingerprint density at radius 1 is 1.21 bits per heavy atom. The lowest BCUT2D eigenvalue weighted by atomic mass is 10.0. The Kier molecular flexibility index (Phi) is 7.07. The number of carbonyl (C=O) groups excluding carboxylic acids is 1. The first-order valence-corrected chi connectivity index (χ1v) is 8.14. The first-order chi connectivity index (χ1) is 11.1. The molecule has 0 heterocycles. The van der Waals surface area contributed by atoms with Crippen molar-refractivity contribution in [2.24, 2.45) is 0 Å². The molecule has 0 bridgehead atoms. The molecule has 0 saturated carbocycles. The number of nitrogens with zero attached hydrogens (tertiary/aromatic N) is 1. The molecule has 0 aromatic heterocycles. The van der Waals surface area contributed by atoms with Gasteiger partial charge in [-0.05, 0) is 44.9 Å². The summed E-state index contributed by atoms with van der Waals surface area (Å²) in [5, 5.41) is 18.9. The predicted molar refractivity (Wildman–Crippen MR) is 91.1 cm³/mol. The SMILES string of the molecule is CCCCN(C(=O)OC(C)(C)C)C(Cc1ccc(O)cc1)C(=O)O. The van der Waals surface area contributed by atoms with Crippen molar-refractivity contribution in [1.29, 1.82) is 0 Å². The standard InChI is InChI=1S/C18H27NO5/c1-5-6-11-19(17(23)24-18(2,3)4)15(16(21)22)12-13-7-9-14(20)10-8-13/h7-10,15,20H,5-6,11-12H2,1-4H3,(H,21,22). The zero-order valence-electron chi connectivity index (χ0n) is 14.8. The summed E-state index contributed by atoms with van der Waals surface area (Å²) in [6.45, 7) is 7.54. The smallest absolute Gasteiger partial charge is 0.411 e. The van der Waals surface area contributed by atoms with Gasteiger partial charge in [0.2, 0.25) is 0 Å². The van der Waals surface area contributed by atoms with Gasteiger partial charge in [0.15, 0.2) is 0 Å². The van der Waals surface area contributed by atoms with Crippen LogP contribution in [0.4, 0.5) is 4.79 Å². The number of aliphatic carboxylic acids is 1. The summed E-state index contributed by atoms with van der Waals surface area (Å²) in [7, 11) is 0. The van der Waals surface area contributed by atoms with Gasteiger partial charge >= 0.3 is 12.1 Å². The van der Waals surface area contributed by atoms with Crippen molar-refractivity contribution in [2.45, 2.75) is 58.6 Å². The van der Waals surface area contributed by atoms with Crippen LogP contribution < -0.4 is 0 Å². The minimum atomic E-state index is -1.08. The van der Waals surface area contributed by atoms with Crippen molar-refractivity contribution in [1.82, 2.24) is 4.90 Å². The van der Waals surface area contributed by atoms with Crippen LogP contribution in [0.2, 0.25) is 0 Å². The van der Waals surface area contributed by atoms with Gasteiger partial charge in [-0.1, -0.05) is 25.5 Å². The molecular formula is C18H27NO5. The topological polar surface area (TPSA) is 87.1 Å².